The number of aliphatic hydroxyl groups is 1. The van der Waals surface area contributed by atoms with Crippen molar-refractivity contribution >= 4 is 0 Å². The molecule has 0 aliphatic carbocycles. The Morgan fingerprint density at radius 1 is 0.917 bits per heavy atom. The topological polar surface area (TPSA) is 44.3 Å². The Morgan fingerprint density at radius 2 is 1.25 bits per heavy atom. The zero-order valence-corrected chi connectivity index (χ0v) is 8.59. The van der Waals surface area contributed by atoms with Crippen molar-refractivity contribution in [3.05, 3.63) is 0 Å². The van der Waals surface area contributed by atoms with E-state index in [1.54, 1.807) is 0 Å². The maximum Gasteiger partial charge on any atom is 0.160 e. The fourth-order valence-electron chi connectivity index (χ4n) is 0.767. The molecule has 0 saturated heterocycles. The van der Waals surface area contributed by atoms with Crippen molar-refractivity contribution in [1.82, 2.24) is 10.6 Å². The van der Waals surface area contributed by atoms with Crippen LogP contribution in [-0.2, 0) is 0 Å². The molecule has 0 aliphatic heterocycles. The second-order valence-corrected chi connectivity index (χ2v) is 4.01. The molecule has 0 fully saturated rings. The molecule has 0 saturated carbocycles. The molecule has 0 rings (SSSR count). The average molecular weight is 174 g/mol. The van der Waals surface area contributed by atoms with Gasteiger partial charge in [0.15, 0.2) is 6.35 Å². The van der Waals surface area contributed by atoms with Gasteiger partial charge in [0.25, 0.3) is 0 Å². The molecule has 0 heterocycles. The first-order valence-electron chi connectivity index (χ1n) is 4.67. The van der Waals surface area contributed by atoms with E-state index in [1.165, 1.54) is 0 Å². The van der Waals surface area contributed by atoms with Gasteiger partial charge in [0.2, 0.25) is 0 Å². The van der Waals surface area contributed by atoms with Crippen LogP contribution in [0.1, 0.15) is 27.7 Å². The predicted octanol–water partition coefficient (Wildman–Crippen LogP) is 0.753. The Balaban J connectivity index is 3.27. The highest BCUT2D eigenvalue weighted by Gasteiger charge is 2.03. The molecular formula is C9H22N2O. The van der Waals surface area contributed by atoms with Crippen LogP contribution in [-0.4, -0.2) is 24.5 Å². The highest BCUT2D eigenvalue weighted by Crippen LogP contribution is 1.89. The molecule has 0 amide bonds. The van der Waals surface area contributed by atoms with Gasteiger partial charge in [-0.15, -0.1) is 0 Å². The highest BCUT2D eigenvalue weighted by molar-refractivity contribution is 4.56. The van der Waals surface area contributed by atoms with Crippen LogP contribution < -0.4 is 10.6 Å². The summed E-state index contributed by atoms with van der Waals surface area (Å²) in [4.78, 5) is 0. The Hall–Kier alpha value is -0.120. The van der Waals surface area contributed by atoms with E-state index in [-0.39, 0.29) is 0 Å². The zero-order chi connectivity index (χ0) is 9.56. The van der Waals surface area contributed by atoms with Crippen LogP contribution in [0.25, 0.3) is 0 Å². The van der Waals surface area contributed by atoms with Crippen LogP contribution >= 0.6 is 0 Å². The summed E-state index contributed by atoms with van der Waals surface area (Å²) in [6.07, 6.45) is -0.560. The second kappa shape index (κ2) is 6.40. The molecule has 0 aromatic carbocycles. The summed E-state index contributed by atoms with van der Waals surface area (Å²) in [5.74, 6) is 1.14. The standard InChI is InChI=1S/C9H22N2O/c1-7(2)5-10-9(12)11-6-8(3)4/h7-12H,5-6H2,1-4H3. The van der Waals surface area contributed by atoms with Crippen molar-refractivity contribution in [2.24, 2.45) is 11.8 Å². The third-order valence-corrected chi connectivity index (χ3v) is 1.44. The summed E-state index contributed by atoms with van der Waals surface area (Å²) in [5, 5.41) is 15.3. The minimum atomic E-state index is -0.560. The Bertz CT molecular complexity index is 92.7. The van der Waals surface area contributed by atoms with Crippen LogP contribution in [0.2, 0.25) is 0 Å². The molecule has 0 unspecified atom stereocenters. The molecule has 74 valence electrons. The van der Waals surface area contributed by atoms with Crippen LogP contribution in [0, 0.1) is 11.8 Å². The molecule has 3 N–H and O–H groups in total. The molecule has 0 spiro atoms. The zero-order valence-electron chi connectivity index (χ0n) is 8.59. The van der Waals surface area contributed by atoms with Crippen molar-refractivity contribution in [2.75, 3.05) is 13.1 Å². The fourth-order valence-corrected chi connectivity index (χ4v) is 0.767. The number of hydrogen-bond acceptors (Lipinski definition) is 3. The lowest BCUT2D eigenvalue weighted by Crippen LogP contribution is -2.44. The molecule has 0 bridgehead atoms. The SMILES string of the molecule is CC(C)CNC(O)NCC(C)C. The maximum absolute atomic E-state index is 9.32. The Morgan fingerprint density at radius 3 is 1.50 bits per heavy atom. The number of nitrogens with one attached hydrogen (secondary N) is 2. The van der Waals surface area contributed by atoms with Gasteiger partial charge in [-0.05, 0) is 11.8 Å². The quantitative estimate of drug-likeness (QED) is 0.521. The third kappa shape index (κ3) is 7.98. The van der Waals surface area contributed by atoms with E-state index in [1.807, 2.05) is 0 Å². The number of rotatable bonds is 6. The summed E-state index contributed by atoms with van der Waals surface area (Å²) in [6.45, 7) is 10.1. The first-order chi connectivity index (χ1) is 5.52. The molecule has 12 heavy (non-hydrogen) atoms. The van der Waals surface area contributed by atoms with Gasteiger partial charge in [0, 0.05) is 13.1 Å². The first kappa shape index (κ1) is 11.9. The fraction of sp³-hybridized carbons (Fsp3) is 1.00. The smallest absolute Gasteiger partial charge is 0.160 e. The van der Waals surface area contributed by atoms with Gasteiger partial charge in [-0.2, -0.15) is 0 Å². The van der Waals surface area contributed by atoms with Gasteiger partial charge >= 0.3 is 0 Å². The van der Waals surface area contributed by atoms with E-state index in [0.717, 1.165) is 13.1 Å². The molecule has 3 nitrogen and oxygen atoms in total. The summed E-state index contributed by atoms with van der Waals surface area (Å²) in [7, 11) is 0. The van der Waals surface area contributed by atoms with E-state index >= 15 is 0 Å². The Kier molecular flexibility index (Phi) is 6.34. The first-order valence-corrected chi connectivity index (χ1v) is 4.67. The lowest BCUT2D eigenvalue weighted by molar-refractivity contribution is 0.0948. The summed E-state index contributed by atoms with van der Waals surface area (Å²) in [5.41, 5.74) is 0. The van der Waals surface area contributed by atoms with Crippen molar-refractivity contribution in [3.8, 4) is 0 Å². The molecule has 0 aliphatic rings. The summed E-state index contributed by atoms with van der Waals surface area (Å²) in [6, 6.07) is 0. The van der Waals surface area contributed by atoms with Crippen LogP contribution in [0.15, 0.2) is 0 Å². The predicted molar refractivity (Wildman–Crippen MR) is 51.7 cm³/mol. The molecular weight excluding hydrogens is 152 g/mol. The van der Waals surface area contributed by atoms with E-state index in [4.69, 9.17) is 0 Å². The van der Waals surface area contributed by atoms with Crippen molar-refractivity contribution in [1.29, 1.82) is 0 Å². The monoisotopic (exact) mass is 174 g/mol. The molecule has 0 radical (unpaired) electrons. The van der Waals surface area contributed by atoms with Crippen LogP contribution in [0.3, 0.4) is 0 Å². The normalized spacial score (nSPS) is 12.0. The molecule has 0 aromatic rings. The van der Waals surface area contributed by atoms with Crippen LogP contribution in [0.5, 0.6) is 0 Å². The molecule has 0 aromatic heterocycles. The van der Waals surface area contributed by atoms with E-state index in [2.05, 4.69) is 38.3 Å². The maximum atomic E-state index is 9.32. The third-order valence-electron chi connectivity index (χ3n) is 1.44. The minimum Gasteiger partial charge on any atom is -0.365 e. The molecule has 0 atom stereocenters. The summed E-state index contributed by atoms with van der Waals surface area (Å²) < 4.78 is 0. The van der Waals surface area contributed by atoms with Crippen molar-refractivity contribution < 1.29 is 5.11 Å². The lowest BCUT2D eigenvalue weighted by atomic mass is 10.2. The van der Waals surface area contributed by atoms with E-state index in [9.17, 15) is 5.11 Å². The van der Waals surface area contributed by atoms with Gasteiger partial charge < -0.3 is 5.11 Å². The van der Waals surface area contributed by atoms with Gasteiger partial charge in [-0.3, -0.25) is 10.6 Å². The minimum absolute atomic E-state index is 0.560. The number of hydrogen-bond donors (Lipinski definition) is 3. The van der Waals surface area contributed by atoms with Gasteiger partial charge in [-0.1, -0.05) is 27.7 Å². The Labute approximate surface area is 75.6 Å². The average Bonchev–Trinajstić information content (AvgIpc) is 1.96. The van der Waals surface area contributed by atoms with Gasteiger partial charge in [-0.25, -0.2) is 0 Å². The largest absolute Gasteiger partial charge is 0.365 e. The van der Waals surface area contributed by atoms with Crippen LogP contribution in [0.4, 0.5) is 0 Å². The second-order valence-electron chi connectivity index (χ2n) is 4.01. The van der Waals surface area contributed by atoms with Gasteiger partial charge in [0.05, 0.1) is 0 Å². The molecule has 3 heteroatoms. The van der Waals surface area contributed by atoms with Gasteiger partial charge in [0.1, 0.15) is 0 Å². The highest BCUT2D eigenvalue weighted by atomic mass is 16.3. The van der Waals surface area contributed by atoms with E-state index in [0.29, 0.717) is 11.8 Å². The van der Waals surface area contributed by atoms with Crippen molar-refractivity contribution in [2.45, 2.75) is 34.0 Å². The van der Waals surface area contributed by atoms with E-state index < -0.39 is 6.35 Å². The summed E-state index contributed by atoms with van der Waals surface area (Å²) >= 11 is 0. The lowest BCUT2D eigenvalue weighted by Gasteiger charge is -2.16. The van der Waals surface area contributed by atoms with Crippen molar-refractivity contribution in [3.63, 3.8) is 0 Å². The number of aliphatic hydroxyl groups excluding tert-OH is 1.